The van der Waals surface area contributed by atoms with Crippen molar-refractivity contribution in [1.29, 1.82) is 5.26 Å². The van der Waals surface area contributed by atoms with Crippen molar-refractivity contribution < 1.29 is 4.74 Å². The maximum atomic E-state index is 9.41. The van der Waals surface area contributed by atoms with E-state index < -0.39 is 0 Å². The van der Waals surface area contributed by atoms with E-state index >= 15 is 0 Å². The molecule has 1 unspecified atom stereocenters. The summed E-state index contributed by atoms with van der Waals surface area (Å²) in [4.78, 5) is 2.24. The van der Waals surface area contributed by atoms with E-state index in [2.05, 4.69) is 16.3 Å². The highest BCUT2D eigenvalue weighted by Gasteiger charge is 2.20. The van der Waals surface area contributed by atoms with Crippen LogP contribution in [0.15, 0.2) is 24.3 Å². The van der Waals surface area contributed by atoms with E-state index in [0.717, 1.165) is 43.9 Å². The molecule has 4 nitrogen and oxygen atoms in total. The van der Waals surface area contributed by atoms with Gasteiger partial charge in [0.2, 0.25) is 0 Å². The van der Waals surface area contributed by atoms with Gasteiger partial charge in [-0.25, -0.2) is 0 Å². The van der Waals surface area contributed by atoms with Gasteiger partial charge in [0.25, 0.3) is 0 Å². The minimum absolute atomic E-state index is 0.157. The van der Waals surface area contributed by atoms with Crippen molar-refractivity contribution in [2.45, 2.75) is 12.5 Å². The van der Waals surface area contributed by atoms with Gasteiger partial charge in [-0.3, -0.25) is 4.90 Å². The monoisotopic (exact) mass is 245 g/mol. The first-order valence-electron chi connectivity index (χ1n) is 6.33. The Bertz CT molecular complexity index is 402. The number of hydrogen-bond acceptors (Lipinski definition) is 4. The Morgan fingerprint density at radius 2 is 2.06 bits per heavy atom. The van der Waals surface area contributed by atoms with Gasteiger partial charge in [0.15, 0.2) is 0 Å². The molecule has 1 heterocycles. The first kappa shape index (κ1) is 12.9. The maximum absolute atomic E-state index is 9.41. The van der Waals surface area contributed by atoms with Crippen LogP contribution in [0, 0.1) is 11.3 Å². The summed E-state index contributed by atoms with van der Waals surface area (Å²) in [5, 5.41) is 12.8. The number of nitrogens with one attached hydrogen (secondary N) is 1. The van der Waals surface area contributed by atoms with Crippen LogP contribution >= 0.6 is 0 Å². The van der Waals surface area contributed by atoms with Gasteiger partial charge in [0, 0.05) is 19.6 Å². The smallest absolute Gasteiger partial charge is 0.123 e. The van der Waals surface area contributed by atoms with Crippen LogP contribution in [-0.4, -0.2) is 38.2 Å². The Hall–Kier alpha value is -1.57. The first-order chi connectivity index (χ1) is 8.85. The molecule has 1 atom stereocenters. The molecule has 0 aliphatic carbocycles. The summed E-state index contributed by atoms with van der Waals surface area (Å²) in [5.74, 6) is 0.827. The number of rotatable bonds is 3. The van der Waals surface area contributed by atoms with Crippen LogP contribution in [0.4, 0.5) is 0 Å². The fourth-order valence-electron chi connectivity index (χ4n) is 2.28. The quantitative estimate of drug-likeness (QED) is 0.878. The highest BCUT2D eigenvalue weighted by molar-refractivity contribution is 5.31. The number of benzene rings is 1. The zero-order valence-corrected chi connectivity index (χ0v) is 10.7. The fourth-order valence-corrected chi connectivity index (χ4v) is 2.28. The topological polar surface area (TPSA) is 48.3 Å². The summed E-state index contributed by atoms with van der Waals surface area (Å²) in [6.07, 6.45) is 1.09. The second kappa shape index (κ2) is 6.39. The summed E-state index contributed by atoms with van der Waals surface area (Å²) in [6, 6.07) is 10.0. The lowest BCUT2D eigenvalue weighted by molar-refractivity contribution is 0.252. The zero-order chi connectivity index (χ0) is 12.8. The minimum Gasteiger partial charge on any atom is -0.497 e. The Morgan fingerprint density at radius 1 is 1.28 bits per heavy atom. The maximum Gasteiger partial charge on any atom is 0.123 e. The molecule has 1 fully saturated rings. The molecule has 1 saturated heterocycles. The molecule has 1 N–H and O–H groups in total. The second-order valence-corrected chi connectivity index (χ2v) is 4.44. The number of ether oxygens (including phenoxy) is 1. The minimum atomic E-state index is -0.157. The highest BCUT2D eigenvalue weighted by atomic mass is 16.5. The SMILES string of the molecule is COc1ccc(C(C#N)N2CCCNCC2)cc1. The average molecular weight is 245 g/mol. The fraction of sp³-hybridized carbons (Fsp3) is 0.500. The van der Waals surface area contributed by atoms with Crippen molar-refractivity contribution in [3.05, 3.63) is 29.8 Å². The Kier molecular flexibility index (Phi) is 4.57. The van der Waals surface area contributed by atoms with Crippen LogP contribution in [0.5, 0.6) is 5.75 Å². The standard InChI is InChI=1S/C14H19N3O/c1-18-13-5-3-12(4-6-13)14(11-15)17-9-2-7-16-8-10-17/h3-6,14,16H,2,7-10H2,1H3. The first-order valence-corrected chi connectivity index (χ1v) is 6.33. The third-order valence-electron chi connectivity index (χ3n) is 3.29. The van der Waals surface area contributed by atoms with E-state index in [1.54, 1.807) is 7.11 Å². The lowest BCUT2D eigenvalue weighted by Crippen LogP contribution is -2.31. The van der Waals surface area contributed by atoms with E-state index in [4.69, 9.17) is 4.74 Å². The molecule has 1 aromatic rings. The summed E-state index contributed by atoms with van der Waals surface area (Å²) in [6.45, 7) is 3.88. The van der Waals surface area contributed by atoms with Crippen molar-refractivity contribution in [1.82, 2.24) is 10.2 Å². The highest BCUT2D eigenvalue weighted by Crippen LogP contribution is 2.23. The third-order valence-corrected chi connectivity index (χ3v) is 3.29. The molecule has 0 amide bonds. The largest absolute Gasteiger partial charge is 0.497 e. The summed E-state index contributed by atoms with van der Waals surface area (Å²) < 4.78 is 5.14. The molecule has 1 aromatic carbocycles. The Labute approximate surface area is 108 Å². The van der Waals surface area contributed by atoms with Gasteiger partial charge in [0.05, 0.1) is 13.2 Å². The van der Waals surface area contributed by atoms with Gasteiger partial charge in [0.1, 0.15) is 11.8 Å². The van der Waals surface area contributed by atoms with Gasteiger partial charge < -0.3 is 10.1 Å². The second-order valence-electron chi connectivity index (χ2n) is 4.44. The molecule has 0 aromatic heterocycles. The molecule has 0 spiro atoms. The van der Waals surface area contributed by atoms with Crippen molar-refractivity contribution in [3.63, 3.8) is 0 Å². The van der Waals surface area contributed by atoms with Crippen molar-refractivity contribution >= 4 is 0 Å². The number of nitriles is 1. The van der Waals surface area contributed by atoms with Crippen LogP contribution in [0.25, 0.3) is 0 Å². The Morgan fingerprint density at radius 3 is 2.72 bits per heavy atom. The molecule has 1 aliphatic heterocycles. The van der Waals surface area contributed by atoms with Crippen molar-refractivity contribution in [2.24, 2.45) is 0 Å². The molecule has 4 heteroatoms. The van der Waals surface area contributed by atoms with E-state index in [1.807, 2.05) is 24.3 Å². The van der Waals surface area contributed by atoms with Gasteiger partial charge in [-0.05, 0) is 30.7 Å². The molecule has 0 saturated carbocycles. The average Bonchev–Trinajstić information content (AvgIpc) is 2.70. The molecular formula is C14H19N3O. The van der Waals surface area contributed by atoms with Gasteiger partial charge in [-0.15, -0.1) is 0 Å². The normalized spacial score (nSPS) is 18.7. The van der Waals surface area contributed by atoms with E-state index in [1.165, 1.54) is 0 Å². The lowest BCUT2D eigenvalue weighted by Gasteiger charge is -2.25. The van der Waals surface area contributed by atoms with Crippen LogP contribution < -0.4 is 10.1 Å². The summed E-state index contributed by atoms with van der Waals surface area (Å²) in [5.41, 5.74) is 1.04. The van der Waals surface area contributed by atoms with Crippen molar-refractivity contribution in [2.75, 3.05) is 33.3 Å². The molecule has 96 valence electrons. The summed E-state index contributed by atoms with van der Waals surface area (Å²) >= 11 is 0. The van der Waals surface area contributed by atoms with Crippen LogP contribution in [0.1, 0.15) is 18.0 Å². The third kappa shape index (κ3) is 3.00. The summed E-state index contributed by atoms with van der Waals surface area (Å²) in [7, 11) is 1.65. The van der Waals surface area contributed by atoms with Crippen molar-refractivity contribution in [3.8, 4) is 11.8 Å². The Balaban J connectivity index is 2.13. The molecule has 0 radical (unpaired) electrons. The predicted octanol–water partition coefficient (Wildman–Crippen LogP) is 1.56. The molecule has 2 rings (SSSR count). The van der Waals surface area contributed by atoms with E-state index in [0.29, 0.717) is 0 Å². The van der Waals surface area contributed by atoms with Crippen LogP contribution in [0.2, 0.25) is 0 Å². The van der Waals surface area contributed by atoms with Gasteiger partial charge in [-0.1, -0.05) is 12.1 Å². The lowest BCUT2D eigenvalue weighted by atomic mass is 10.1. The van der Waals surface area contributed by atoms with Gasteiger partial charge >= 0.3 is 0 Å². The van der Waals surface area contributed by atoms with E-state index in [-0.39, 0.29) is 6.04 Å². The molecule has 18 heavy (non-hydrogen) atoms. The number of nitrogens with zero attached hydrogens (tertiary/aromatic N) is 2. The van der Waals surface area contributed by atoms with E-state index in [9.17, 15) is 5.26 Å². The molecule has 1 aliphatic rings. The van der Waals surface area contributed by atoms with Gasteiger partial charge in [-0.2, -0.15) is 5.26 Å². The number of methoxy groups -OCH3 is 1. The molecular weight excluding hydrogens is 226 g/mol. The number of hydrogen-bond donors (Lipinski definition) is 1. The zero-order valence-electron chi connectivity index (χ0n) is 10.7. The predicted molar refractivity (Wildman–Crippen MR) is 70.4 cm³/mol. The molecule has 0 bridgehead atoms. The van der Waals surface area contributed by atoms with Crippen LogP contribution in [0.3, 0.4) is 0 Å². The van der Waals surface area contributed by atoms with Crippen LogP contribution in [-0.2, 0) is 0 Å².